The summed E-state index contributed by atoms with van der Waals surface area (Å²) >= 11 is 0. The van der Waals surface area contributed by atoms with Crippen molar-refractivity contribution in [2.24, 2.45) is 0 Å². The zero-order chi connectivity index (χ0) is 23.5. The van der Waals surface area contributed by atoms with Gasteiger partial charge >= 0.3 is 0 Å². The second-order valence-corrected chi connectivity index (χ2v) is 9.50. The van der Waals surface area contributed by atoms with Crippen LogP contribution in [0, 0.1) is 25.7 Å². The van der Waals surface area contributed by atoms with Crippen LogP contribution in [0.3, 0.4) is 0 Å². The van der Waals surface area contributed by atoms with Crippen molar-refractivity contribution in [3.05, 3.63) is 112 Å². The summed E-state index contributed by atoms with van der Waals surface area (Å²) in [5.74, 6) is 8.53. The van der Waals surface area contributed by atoms with Crippen LogP contribution < -0.4 is 0 Å². The Bertz CT molecular complexity index is 1780. The molecule has 0 aliphatic heterocycles. The Balaban J connectivity index is 1.43. The van der Waals surface area contributed by atoms with E-state index in [4.69, 9.17) is 13.8 Å². The van der Waals surface area contributed by atoms with Gasteiger partial charge < -0.3 is 8.83 Å². The van der Waals surface area contributed by atoms with Gasteiger partial charge in [0.2, 0.25) is 0 Å². The topological polar surface area (TPSA) is 39.2 Å². The Kier molecular flexibility index (Phi) is 4.38. The third-order valence-corrected chi connectivity index (χ3v) is 6.97. The quantitative estimate of drug-likeness (QED) is 0.257. The van der Waals surface area contributed by atoms with Gasteiger partial charge in [0.15, 0.2) is 5.58 Å². The second kappa shape index (κ2) is 7.61. The average Bonchev–Trinajstić information content (AvgIpc) is 3.30. The number of benzene rings is 2. The molecule has 3 aromatic heterocycles. The molecule has 0 N–H and O–H groups in total. The van der Waals surface area contributed by atoms with Crippen LogP contribution in [0.4, 0.5) is 0 Å². The summed E-state index contributed by atoms with van der Waals surface area (Å²) in [6.07, 6.45) is 7.99. The molecule has 3 heteroatoms. The summed E-state index contributed by atoms with van der Waals surface area (Å²) in [5, 5.41) is 1.06. The SMILES string of the molecule is Cc1cccc(C2=CC(c3ccc4oc5ccc(C)cc5c4n3)Cc3c2oc2c3C#CCC=C2)c1. The lowest BCUT2D eigenvalue weighted by Gasteiger charge is -2.21. The highest BCUT2D eigenvalue weighted by molar-refractivity contribution is 6.02. The molecular weight excluding hydrogens is 430 g/mol. The molecule has 0 saturated heterocycles. The molecule has 0 amide bonds. The van der Waals surface area contributed by atoms with Crippen LogP contribution in [0.25, 0.3) is 33.7 Å². The summed E-state index contributed by atoms with van der Waals surface area (Å²) < 4.78 is 12.5. The van der Waals surface area contributed by atoms with Gasteiger partial charge in [-0.1, -0.05) is 65.5 Å². The van der Waals surface area contributed by atoms with Gasteiger partial charge in [-0.25, -0.2) is 4.98 Å². The van der Waals surface area contributed by atoms with Crippen molar-refractivity contribution in [2.45, 2.75) is 32.6 Å². The fourth-order valence-electron chi connectivity index (χ4n) is 5.28. The Labute approximate surface area is 203 Å². The van der Waals surface area contributed by atoms with E-state index in [-0.39, 0.29) is 5.92 Å². The van der Waals surface area contributed by atoms with E-state index < -0.39 is 0 Å². The normalized spacial score (nSPS) is 16.4. The fraction of sp³-hybridized carbons (Fsp3) is 0.156. The van der Waals surface area contributed by atoms with Crippen LogP contribution in [-0.4, -0.2) is 4.98 Å². The van der Waals surface area contributed by atoms with Crippen LogP contribution in [0.1, 0.15) is 57.4 Å². The minimum atomic E-state index is 0.105. The van der Waals surface area contributed by atoms with E-state index in [1.807, 2.05) is 12.1 Å². The van der Waals surface area contributed by atoms with E-state index in [1.54, 1.807) is 0 Å². The molecule has 7 rings (SSSR count). The maximum atomic E-state index is 6.44. The molecule has 3 heterocycles. The first kappa shape index (κ1) is 20.1. The molecule has 3 nitrogen and oxygen atoms in total. The van der Waals surface area contributed by atoms with Gasteiger partial charge in [0, 0.05) is 34.6 Å². The number of furan rings is 2. The Hall–Kier alpha value is -4.29. The molecule has 2 aliphatic carbocycles. The van der Waals surface area contributed by atoms with Gasteiger partial charge in [-0.2, -0.15) is 0 Å². The Morgan fingerprint density at radius 1 is 0.943 bits per heavy atom. The third kappa shape index (κ3) is 3.26. The van der Waals surface area contributed by atoms with Gasteiger partial charge in [0.05, 0.1) is 5.56 Å². The maximum absolute atomic E-state index is 6.44. The monoisotopic (exact) mass is 453 g/mol. The molecule has 0 radical (unpaired) electrons. The van der Waals surface area contributed by atoms with Gasteiger partial charge in [0.1, 0.15) is 22.6 Å². The van der Waals surface area contributed by atoms with E-state index >= 15 is 0 Å². The van der Waals surface area contributed by atoms with Crippen molar-refractivity contribution >= 4 is 33.7 Å². The summed E-state index contributed by atoms with van der Waals surface area (Å²) in [6.45, 7) is 4.22. The predicted octanol–water partition coefficient (Wildman–Crippen LogP) is 7.73. The zero-order valence-electron chi connectivity index (χ0n) is 19.7. The molecule has 0 bridgehead atoms. The van der Waals surface area contributed by atoms with Crippen LogP contribution >= 0.6 is 0 Å². The van der Waals surface area contributed by atoms with Crippen molar-refractivity contribution in [1.29, 1.82) is 0 Å². The Morgan fingerprint density at radius 3 is 2.74 bits per heavy atom. The van der Waals surface area contributed by atoms with E-state index in [0.29, 0.717) is 0 Å². The Morgan fingerprint density at radius 2 is 1.83 bits per heavy atom. The second-order valence-electron chi connectivity index (χ2n) is 9.50. The van der Waals surface area contributed by atoms with E-state index in [1.165, 1.54) is 16.7 Å². The fourth-order valence-corrected chi connectivity index (χ4v) is 5.28. The number of fused-ring (bicyclic) bond motifs is 6. The summed E-state index contributed by atoms with van der Waals surface area (Å²) in [5.41, 5.74) is 10.5. The molecular formula is C32H23NO2. The molecule has 1 unspecified atom stereocenters. The van der Waals surface area contributed by atoms with Gasteiger partial charge in [-0.15, -0.1) is 0 Å². The first-order chi connectivity index (χ1) is 17.1. The lowest BCUT2D eigenvalue weighted by atomic mass is 9.82. The van der Waals surface area contributed by atoms with Crippen LogP contribution in [0.5, 0.6) is 0 Å². The zero-order valence-corrected chi connectivity index (χ0v) is 19.7. The molecule has 2 aliphatic rings. The molecule has 5 aromatic rings. The van der Waals surface area contributed by atoms with Gasteiger partial charge in [0.25, 0.3) is 0 Å². The minimum absolute atomic E-state index is 0.105. The summed E-state index contributed by atoms with van der Waals surface area (Å²) in [4.78, 5) is 5.14. The highest BCUT2D eigenvalue weighted by Crippen LogP contribution is 2.42. The summed E-state index contributed by atoms with van der Waals surface area (Å²) in [7, 11) is 0. The number of hydrogen-bond acceptors (Lipinski definition) is 3. The number of hydrogen-bond donors (Lipinski definition) is 0. The van der Waals surface area contributed by atoms with E-state index in [9.17, 15) is 0 Å². The molecule has 35 heavy (non-hydrogen) atoms. The maximum Gasteiger partial charge on any atom is 0.153 e. The van der Waals surface area contributed by atoms with Crippen molar-refractivity contribution in [2.75, 3.05) is 0 Å². The molecule has 168 valence electrons. The first-order valence-corrected chi connectivity index (χ1v) is 12.0. The average molecular weight is 454 g/mol. The smallest absolute Gasteiger partial charge is 0.153 e. The molecule has 0 saturated carbocycles. The number of aryl methyl sites for hydroxylation is 2. The molecule has 1 atom stereocenters. The van der Waals surface area contributed by atoms with Crippen molar-refractivity contribution in [3.63, 3.8) is 0 Å². The molecule has 2 aromatic carbocycles. The first-order valence-electron chi connectivity index (χ1n) is 12.0. The number of nitrogens with zero attached hydrogens (tertiary/aromatic N) is 1. The van der Waals surface area contributed by atoms with Gasteiger partial charge in [-0.3, -0.25) is 0 Å². The predicted molar refractivity (Wildman–Crippen MR) is 140 cm³/mol. The van der Waals surface area contributed by atoms with E-state index in [0.717, 1.165) is 68.8 Å². The number of rotatable bonds is 2. The third-order valence-electron chi connectivity index (χ3n) is 6.97. The standard InChI is InChI=1S/C32H23NO2/c1-19-7-6-8-21(15-19)24-17-22(18-25-23-9-4-3-5-10-28(23)35-32(24)25)27-12-14-30-31(33-27)26-16-20(2)11-13-29(26)34-30/h5-8,10-17,22H,3,18H2,1-2H3. The summed E-state index contributed by atoms with van der Waals surface area (Å²) in [6, 6.07) is 19.0. The number of aromatic nitrogens is 1. The van der Waals surface area contributed by atoms with Gasteiger partial charge in [-0.05, 0) is 56.2 Å². The van der Waals surface area contributed by atoms with Crippen LogP contribution in [-0.2, 0) is 6.42 Å². The van der Waals surface area contributed by atoms with Crippen molar-refractivity contribution in [3.8, 4) is 11.8 Å². The van der Waals surface area contributed by atoms with Crippen molar-refractivity contribution in [1.82, 2.24) is 4.98 Å². The highest BCUT2D eigenvalue weighted by atomic mass is 16.3. The largest absolute Gasteiger partial charge is 0.455 e. The molecule has 0 fully saturated rings. The number of pyridine rings is 1. The lowest BCUT2D eigenvalue weighted by molar-refractivity contribution is 0.535. The molecule has 0 spiro atoms. The minimum Gasteiger partial charge on any atom is -0.455 e. The van der Waals surface area contributed by atoms with Crippen molar-refractivity contribution < 1.29 is 8.83 Å². The van der Waals surface area contributed by atoms with Crippen LogP contribution in [0.15, 0.2) is 75.6 Å². The highest BCUT2D eigenvalue weighted by Gasteiger charge is 2.30. The lowest BCUT2D eigenvalue weighted by Crippen LogP contribution is -2.10. The van der Waals surface area contributed by atoms with E-state index in [2.05, 4.69) is 86.4 Å². The van der Waals surface area contributed by atoms with Crippen LogP contribution in [0.2, 0.25) is 0 Å². The number of allylic oxidation sites excluding steroid dienone is 2.